The van der Waals surface area contributed by atoms with Crippen molar-refractivity contribution < 1.29 is 13.2 Å². The van der Waals surface area contributed by atoms with E-state index < -0.39 is 11.7 Å². The van der Waals surface area contributed by atoms with Gasteiger partial charge in [0, 0.05) is 25.7 Å². The van der Waals surface area contributed by atoms with Crippen molar-refractivity contribution >= 4 is 0 Å². The standard InChI is InChI=1S/C15H19F3N2/c16-15(17,18)12-3-1-2-10(6-12)7-20-8-11-4-5-14(19)13(11)9-20/h1-3,6,11,13-14H,4-5,7-9,19H2/t11-,13?,14?/m0/s1. The molecule has 1 aliphatic carbocycles. The summed E-state index contributed by atoms with van der Waals surface area (Å²) in [5.74, 6) is 1.16. The van der Waals surface area contributed by atoms with Crippen molar-refractivity contribution in [2.45, 2.75) is 31.6 Å². The van der Waals surface area contributed by atoms with Gasteiger partial charge >= 0.3 is 6.18 Å². The molecule has 0 bridgehead atoms. The molecule has 0 aromatic heterocycles. The van der Waals surface area contributed by atoms with Crippen LogP contribution in [-0.2, 0) is 12.7 Å². The lowest BCUT2D eigenvalue weighted by Gasteiger charge is -2.19. The van der Waals surface area contributed by atoms with Crippen molar-refractivity contribution in [1.29, 1.82) is 0 Å². The highest BCUT2D eigenvalue weighted by molar-refractivity contribution is 5.25. The predicted molar refractivity (Wildman–Crippen MR) is 70.9 cm³/mol. The average Bonchev–Trinajstić information content (AvgIpc) is 2.91. The van der Waals surface area contributed by atoms with Gasteiger partial charge < -0.3 is 5.73 Å². The number of nitrogens with two attached hydrogens (primary N) is 1. The number of fused-ring (bicyclic) bond motifs is 1. The first-order chi connectivity index (χ1) is 9.43. The maximum atomic E-state index is 12.7. The molecule has 2 aliphatic rings. The first-order valence-electron chi connectivity index (χ1n) is 7.07. The fourth-order valence-electron chi connectivity index (χ4n) is 3.63. The van der Waals surface area contributed by atoms with E-state index in [0.717, 1.165) is 37.6 Å². The summed E-state index contributed by atoms with van der Waals surface area (Å²) in [5, 5.41) is 0. The summed E-state index contributed by atoms with van der Waals surface area (Å²) >= 11 is 0. The topological polar surface area (TPSA) is 29.3 Å². The minimum absolute atomic E-state index is 0.270. The lowest BCUT2D eigenvalue weighted by Crippen LogP contribution is -2.30. The van der Waals surface area contributed by atoms with Crippen LogP contribution in [0.15, 0.2) is 24.3 Å². The number of hydrogen-bond donors (Lipinski definition) is 1. The Kier molecular flexibility index (Phi) is 3.50. The summed E-state index contributed by atoms with van der Waals surface area (Å²) in [6, 6.07) is 5.91. The summed E-state index contributed by atoms with van der Waals surface area (Å²) in [6.45, 7) is 2.47. The summed E-state index contributed by atoms with van der Waals surface area (Å²) in [6.07, 6.45) is -2.02. The van der Waals surface area contributed by atoms with Crippen LogP contribution in [0.4, 0.5) is 13.2 Å². The lowest BCUT2D eigenvalue weighted by molar-refractivity contribution is -0.137. The van der Waals surface area contributed by atoms with Crippen LogP contribution in [0.3, 0.4) is 0 Å². The van der Waals surface area contributed by atoms with E-state index in [4.69, 9.17) is 5.73 Å². The zero-order valence-electron chi connectivity index (χ0n) is 11.2. The molecule has 1 saturated heterocycles. The van der Waals surface area contributed by atoms with Gasteiger partial charge in [0.2, 0.25) is 0 Å². The summed E-state index contributed by atoms with van der Waals surface area (Å²) in [5.41, 5.74) is 6.25. The van der Waals surface area contributed by atoms with Gasteiger partial charge in [-0.3, -0.25) is 4.90 Å². The molecule has 3 rings (SSSR count). The Bertz CT molecular complexity index is 486. The van der Waals surface area contributed by atoms with E-state index in [1.165, 1.54) is 12.1 Å². The number of likely N-dealkylation sites (tertiary alicyclic amines) is 1. The normalized spacial score (nSPS) is 30.7. The average molecular weight is 284 g/mol. The number of alkyl halides is 3. The molecule has 3 atom stereocenters. The van der Waals surface area contributed by atoms with E-state index in [2.05, 4.69) is 4.90 Å². The third kappa shape index (κ3) is 2.69. The second kappa shape index (κ2) is 5.04. The Morgan fingerprint density at radius 1 is 1.20 bits per heavy atom. The van der Waals surface area contributed by atoms with E-state index in [0.29, 0.717) is 18.4 Å². The number of rotatable bonds is 2. The van der Waals surface area contributed by atoms with Crippen LogP contribution in [0.1, 0.15) is 24.0 Å². The summed E-state index contributed by atoms with van der Waals surface area (Å²) in [7, 11) is 0. The van der Waals surface area contributed by atoms with Gasteiger partial charge in [-0.2, -0.15) is 13.2 Å². The predicted octanol–water partition coefficient (Wildman–Crippen LogP) is 2.87. The lowest BCUT2D eigenvalue weighted by atomic mass is 9.98. The molecule has 1 aromatic carbocycles. The SMILES string of the molecule is NC1CC[C@H]2CN(Cc3cccc(C(F)(F)F)c3)CC12. The van der Waals surface area contributed by atoms with E-state index in [1.807, 2.05) is 0 Å². The molecule has 2 N–H and O–H groups in total. The molecule has 0 amide bonds. The van der Waals surface area contributed by atoms with Gasteiger partial charge in [0.15, 0.2) is 0 Å². The number of hydrogen-bond acceptors (Lipinski definition) is 2. The van der Waals surface area contributed by atoms with Gasteiger partial charge in [0.05, 0.1) is 5.56 Å². The highest BCUT2D eigenvalue weighted by Crippen LogP contribution is 2.38. The molecule has 1 heterocycles. The molecule has 110 valence electrons. The number of nitrogens with zero attached hydrogens (tertiary/aromatic N) is 1. The Morgan fingerprint density at radius 2 is 2.00 bits per heavy atom. The Morgan fingerprint density at radius 3 is 2.70 bits per heavy atom. The van der Waals surface area contributed by atoms with Crippen LogP contribution in [0.25, 0.3) is 0 Å². The molecule has 0 spiro atoms. The molecule has 1 saturated carbocycles. The zero-order chi connectivity index (χ0) is 14.3. The minimum atomic E-state index is -4.26. The van der Waals surface area contributed by atoms with E-state index >= 15 is 0 Å². The second-order valence-electron chi connectivity index (χ2n) is 6.06. The Balaban J connectivity index is 1.67. The quantitative estimate of drug-likeness (QED) is 0.905. The van der Waals surface area contributed by atoms with E-state index in [1.54, 1.807) is 6.07 Å². The third-order valence-electron chi connectivity index (χ3n) is 4.65. The fraction of sp³-hybridized carbons (Fsp3) is 0.600. The Hall–Kier alpha value is -1.07. The third-order valence-corrected chi connectivity index (χ3v) is 4.65. The van der Waals surface area contributed by atoms with Crippen LogP contribution < -0.4 is 5.73 Å². The van der Waals surface area contributed by atoms with Crippen LogP contribution in [0.2, 0.25) is 0 Å². The smallest absolute Gasteiger partial charge is 0.327 e. The van der Waals surface area contributed by atoms with Crippen molar-refractivity contribution in [3.63, 3.8) is 0 Å². The molecule has 2 nitrogen and oxygen atoms in total. The fourth-order valence-corrected chi connectivity index (χ4v) is 3.63. The summed E-state index contributed by atoms with van der Waals surface area (Å²) < 4.78 is 38.1. The first-order valence-corrected chi connectivity index (χ1v) is 7.07. The minimum Gasteiger partial charge on any atom is -0.327 e. The molecule has 2 fully saturated rings. The van der Waals surface area contributed by atoms with E-state index in [-0.39, 0.29) is 6.04 Å². The molecule has 0 radical (unpaired) electrons. The van der Waals surface area contributed by atoms with Gasteiger partial charge in [-0.15, -0.1) is 0 Å². The molecule has 2 unspecified atom stereocenters. The molecule has 1 aromatic rings. The van der Waals surface area contributed by atoms with Crippen LogP contribution in [-0.4, -0.2) is 24.0 Å². The largest absolute Gasteiger partial charge is 0.416 e. The van der Waals surface area contributed by atoms with Crippen molar-refractivity contribution in [3.8, 4) is 0 Å². The van der Waals surface area contributed by atoms with Gasteiger partial charge in [-0.25, -0.2) is 0 Å². The number of halogens is 3. The van der Waals surface area contributed by atoms with E-state index in [9.17, 15) is 13.2 Å². The maximum Gasteiger partial charge on any atom is 0.416 e. The highest BCUT2D eigenvalue weighted by Gasteiger charge is 2.40. The van der Waals surface area contributed by atoms with Gasteiger partial charge in [-0.05, 0) is 36.3 Å². The monoisotopic (exact) mass is 284 g/mol. The highest BCUT2D eigenvalue weighted by atomic mass is 19.4. The van der Waals surface area contributed by atoms with Crippen molar-refractivity contribution in [1.82, 2.24) is 4.90 Å². The van der Waals surface area contributed by atoms with Gasteiger partial charge in [0.25, 0.3) is 0 Å². The summed E-state index contributed by atoms with van der Waals surface area (Å²) in [4.78, 5) is 2.24. The molecule has 1 aliphatic heterocycles. The van der Waals surface area contributed by atoms with Crippen molar-refractivity contribution in [2.24, 2.45) is 17.6 Å². The van der Waals surface area contributed by atoms with Crippen LogP contribution in [0.5, 0.6) is 0 Å². The van der Waals surface area contributed by atoms with Crippen molar-refractivity contribution in [2.75, 3.05) is 13.1 Å². The van der Waals surface area contributed by atoms with Crippen LogP contribution >= 0.6 is 0 Å². The van der Waals surface area contributed by atoms with Gasteiger partial charge in [-0.1, -0.05) is 18.2 Å². The van der Waals surface area contributed by atoms with Gasteiger partial charge in [0.1, 0.15) is 0 Å². The second-order valence-corrected chi connectivity index (χ2v) is 6.06. The molecule has 20 heavy (non-hydrogen) atoms. The molecular weight excluding hydrogens is 265 g/mol. The maximum absolute atomic E-state index is 12.7. The Labute approximate surface area is 116 Å². The first kappa shape index (κ1) is 13.9. The van der Waals surface area contributed by atoms with Crippen LogP contribution in [0, 0.1) is 11.8 Å². The molecule has 5 heteroatoms. The van der Waals surface area contributed by atoms with Crippen molar-refractivity contribution in [3.05, 3.63) is 35.4 Å². The zero-order valence-corrected chi connectivity index (χ0v) is 11.2. The molecular formula is C15H19F3N2. The number of benzene rings is 1.